The van der Waals surface area contributed by atoms with Crippen LogP contribution in [0.1, 0.15) is 73.7 Å². The molecule has 0 unspecified atom stereocenters. The first-order valence-electron chi connectivity index (χ1n) is 12.6. The molecule has 2 atom stereocenters. The minimum atomic E-state index is -2.63. The number of ether oxygens (including phenoxy) is 2. The number of fused-ring (bicyclic) bond motifs is 1. The number of alkyl halides is 2. The predicted octanol–water partition coefficient (Wildman–Crippen LogP) is 3.59. The Balaban J connectivity index is 1.40. The van der Waals surface area contributed by atoms with Gasteiger partial charge in [0.05, 0.1) is 13.2 Å². The van der Waals surface area contributed by atoms with Gasteiger partial charge in [0, 0.05) is 50.7 Å². The Morgan fingerprint density at radius 1 is 1.14 bits per heavy atom. The van der Waals surface area contributed by atoms with Crippen molar-refractivity contribution in [3.8, 4) is 5.88 Å². The van der Waals surface area contributed by atoms with Crippen LogP contribution in [-0.2, 0) is 11.8 Å². The molecule has 9 nitrogen and oxygen atoms in total. The molecule has 196 valence electrons. The Labute approximate surface area is 211 Å². The number of nitrogens with zero attached hydrogens (tertiary/aromatic N) is 5. The molecule has 1 aliphatic heterocycles. The Morgan fingerprint density at radius 2 is 1.89 bits per heavy atom. The van der Waals surface area contributed by atoms with E-state index in [1.807, 2.05) is 6.07 Å². The molecule has 3 aliphatic rings. The molecule has 0 N–H and O–H groups in total. The SMILES string of the molecule is COc1ccc([C@H]2C[C@@H](c3nc4c(=O)n(C)c(C)nc4n(C4CC5(C4)CC(F)(F)C5)c3=O)CCO2)cn1. The summed E-state index contributed by atoms with van der Waals surface area (Å²) in [6.45, 7) is 2.12. The predicted molar refractivity (Wildman–Crippen MR) is 130 cm³/mol. The van der Waals surface area contributed by atoms with Crippen molar-refractivity contribution in [2.24, 2.45) is 12.5 Å². The quantitative estimate of drug-likeness (QED) is 0.526. The molecule has 11 heteroatoms. The lowest BCUT2D eigenvalue weighted by molar-refractivity contribution is -0.203. The van der Waals surface area contributed by atoms with E-state index < -0.39 is 11.3 Å². The van der Waals surface area contributed by atoms with E-state index in [4.69, 9.17) is 9.47 Å². The van der Waals surface area contributed by atoms with Gasteiger partial charge < -0.3 is 9.47 Å². The fourth-order valence-electron chi connectivity index (χ4n) is 6.38. The van der Waals surface area contributed by atoms with Crippen LogP contribution < -0.4 is 15.9 Å². The molecule has 4 heterocycles. The van der Waals surface area contributed by atoms with Crippen LogP contribution in [0.2, 0.25) is 0 Å². The molecule has 3 aromatic rings. The summed E-state index contributed by atoms with van der Waals surface area (Å²) in [6, 6.07) is 3.36. The third-order valence-electron chi connectivity index (χ3n) is 8.35. The zero-order chi connectivity index (χ0) is 26.1. The number of aromatic nitrogens is 5. The van der Waals surface area contributed by atoms with Crippen molar-refractivity contribution in [3.63, 3.8) is 0 Å². The first-order chi connectivity index (χ1) is 17.6. The van der Waals surface area contributed by atoms with Crippen molar-refractivity contribution < 1.29 is 18.3 Å². The Kier molecular flexibility index (Phi) is 5.48. The normalized spacial score (nSPS) is 24.6. The zero-order valence-corrected chi connectivity index (χ0v) is 21.0. The van der Waals surface area contributed by atoms with Crippen molar-refractivity contribution in [3.05, 3.63) is 56.1 Å². The monoisotopic (exact) mass is 513 g/mol. The van der Waals surface area contributed by atoms with Crippen molar-refractivity contribution in [2.45, 2.75) is 69.4 Å². The number of pyridine rings is 1. The standard InChI is InChI=1S/C26H29F2N5O4/c1-14-30-22-21(23(34)32(14)2)31-20(24(35)33(22)17-9-25(10-17)12-26(27,28)13-25)15-6-7-37-18(8-15)16-4-5-19(36-3)29-11-16/h4-5,11,15,17-18H,6-10,12-13H2,1-3H3/t15-,18+/m0/s1. The van der Waals surface area contributed by atoms with Crippen LogP contribution >= 0.6 is 0 Å². The Morgan fingerprint density at radius 3 is 2.54 bits per heavy atom. The van der Waals surface area contributed by atoms with Gasteiger partial charge in [0.25, 0.3) is 11.1 Å². The minimum absolute atomic E-state index is 0.136. The van der Waals surface area contributed by atoms with E-state index in [9.17, 15) is 18.4 Å². The second kappa shape index (κ2) is 8.41. The Hall–Kier alpha value is -3.21. The van der Waals surface area contributed by atoms with E-state index in [0.29, 0.717) is 49.7 Å². The van der Waals surface area contributed by atoms with Crippen molar-refractivity contribution in [1.29, 1.82) is 0 Å². The first kappa shape index (κ1) is 24.1. The van der Waals surface area contributed by atoms with E-state index >= 15 is 0 Å². The molecule has 3 aromatic heterocycles. The highest BCUT2D eigenvalue weighted by molar-refractivity contribution is 5.69. The Bertz CT molecular complexity index is 1480. The van der Waals surface area contributed by atoms with E-state index in [-0.39, 0.29) is 53.2 Å². The average molecular weight is 514 g/mol. The number of hydrogen-bond donors (Lipinski definition) is 0. The smallest absolute Gasteiger partial charge is 0.281 e. The molecule has 37 heavy (non-hydrogen) atoms. The summed E-state index contributed by atoms with van der Waals surface area (Å²) in [5.74, 6) is -1.91. The fourth-order valence-corrected chi connectivity index (χ4v) is 6.38. The fraction of sp³-hybridized carbons (Fsp3) is 0.577. The van der Waals surface area contributed by atoms with Gasteiger partial charge in [-0.2, -0.15) is 0 Å². The second-order valence-electron chi connectivity index (χ2n) is 10.9. The summed E-state index contributed by atoms with van der Waals surface area (Å²) in [5.41, 5.74) is 0.502. The van der Waals surface area contributed by atoms with Crippen LogP contribution in [0.15, 0.2) is 27.9 Å². The van der Waals surface area contributed by atoms with Gasteiger partial charge in [0.1, 0.15) is 11.5 Å². The van der Waals surface area contributed by atoms with E-state index in [1.54, 1.807) is 37.9 Å². The molecule has 1 spiro atoms. The maximum atomic E-state index is 13.9. The number of rotatable bonds is 4. The van der Waals surface area contributed by atoms with Crippen molar-refractivity contribution >= 4 is 11.2 Å². The van der Waals surface area contributed by atoms with E-state index in [0.717, 1.165) is 5.56 Å². The summed E-state index contributed by atoms with van der Waals surface area (Å²) in [6.07, 6.45) is 3.15. The molecule has 1 saturated heterocycles. The summed E-state index contributed by atoms with van der Waals surface area (Å²) in [4.78, 5) is 40.6. The summed E-state index contributed by atoms with van der Waals surface area (Å²) in [7, 11) is 3.17. The van der Waals surface area contributed by atoms with Gasteiger partial charge in [0.2, 0.25) is 11.8 Å². The highest BCUT2D eigenvalue weighted by Crippen LogP contribution is 2.65. The zero-order valence-electron chi connectivity index (χ0n) is 21.0. The average Bonchev–Trinajstić information content (AvgIpc) is 2.85. The van der Waals surface area contributed by atoms with Crippen LogP contribution in [0.3, 0.4) is 0 Å². The van der Waals surface area contributed by atoms with Crippen LogP contribution in [0.25, 0.3) is 11.2 Å². The van der Waals surface area contributed by atoms with Gasteiger partial charge in [-0.25, -0.2) is 23.7 Å². The summed E-state index contributed by atoms with van der Waals surface area (Å²) in [5, 5.41) is 0. The number of aryl methyl sites for hydroxylation is 1. The minimum Gasteiger partial charge on any atom is -0.481 e. The molecule has 0 amide bonds. The lowest BCUT2D eigenvalue weighted by Gasteiger charge is -2.57. The molecular weight excluding hydrogens is 484 g/mol. The third kappa shape index (κ3) is 3.94. The molecule has 0 aromatic carbocycles. The highest BCUT2D eigenvalue weighted by atomic mass is 19.3. The topological polar surface area (TPSA) is 101 Å². The second-order valence-corrected chi connectivity index (χ2v) is 10.9. The maximum absolute atomic E-state index is 13.9. The van der Waals surface area contributed by atoms with Crippen molar-refractivity contribution in [1.82, 2.24) is 24.1 Å². The lowest BCUT2D eigenvalue weighted by atomic mass is 9.52. The van der Waals surface area contributed by atoms with Gasteiger partial charge in [-0.1, -0.05) is 0 Å². The molecule has 0 radical (unpaired) electrons. The highest BCUT2D eigenvalue weighted by Gasteiger charge is 2.62. The van der Waals surface area contributed by atoms with Crippen LogP contribution in [0, 0.1) is 12.3 Å². The third-order valence-corrected chi connectivity index (χ3v) is 8.35. The van der Waals surface area contributed by atoms with Gasteiger partial charge in [-0.3, -0.25) is 18.7 Å². The summed E-state index contributed by atoms with van der Waals surface area (Å²) < 4.78 is 41.4. The van der Waals surface area contributed by atoms with E-state index in [1.165, 1.54) is 4.57 Å². The van der Waals surface area contributed by atoms with Crippen molar-refractivity contribution in [2.75, 3.05) is 13.7 Å². The molecule has 2 aliphatic carbocycles. The number of methoxy groups -OCH3 is 1. The molecule has 2 saturated carbocycles. The maximum Gasteiger partial charge on any atom is 0.281 e. The molecule has 6 rings (SSSR count). The van der Waals surface area contributed by atoms with Gasteiger partial charge >= 0.3 is 0 Å². The van der Waals surface area contributed by atoms with Gasteiger partial charge in [-0.05, 0) is 49.7 Å². The molecular formula is C26H29F2N5O4. The molecule has 0 bridgehead atoms. The van der Waals surface area contributed by atoms with Crippen LogP contribution in [-0.4, -0.2) is 43.7 Å². The van der Waals surface area contributed by atoms with Crippen LogP contribution in [0.4, 0.5) is 8.78 Å². The van der Waals surface area contributed by atoms with Crippen LogP contribution in [0.5, 0.6) is 5.88 Å². The first-order valence-corrected chi connectivity index (χ1v) is 12.6. The summed E-state index contributed by atoms with van der Waals surface area (Å²) >= 11 is 0. The van der Waals surface area contributed by atoms with E-state index in [2.05, 4.69) is 15.0 Å². The van der Waals surface area contributed by atoms with Gasteiger partial charge in [-0.15, -0.1) is 0 Å². The largest absolute Gasteiger partial charge is 0.481 e. The lowest BCUT2D eigenvalue weighted by Crippen LogP contribution is -2.55. The number of halogens is 2. The molecule has 3 fully saturated rings. The van der Waals surface area contributed by atoms with Gasteiger partial charge in [0.15, 0.2) is 11.2 Å². The number of hydrogen-bond acceptors (Lipinski definition) is 7.